The van der Waals surface area contributed by atoms with Gasteiger partial charge in [-0.15, -0.1) is 0 Å². The van der Waals surface area contributed by atoms with Crippen LogP contribution in [0.4, 0.5) is 0 Å². The second-order valence-electron chi connectivity index (χ2n) is 11.6. The molecule has 20 heteroatoms. The van der Waals surface area contributed by atoms with Crippen LogP contribution in [0.2, 0.25) is 0 Å². The van der Waals surface area contributed by atoms with Crippen molar-refractivity contribution in [2.45, 2.75) is 104 Å². The van der Waals surface area contributed by atoms with Gasteiger partial charge in [-0.05, 0) is 35.6 Å². The van der Waals surface area contributed by atoms with E-state index in [0.29, 0.717) is 0 Å². The third kappa shape index (κ3) is 13.5. The molecule has 0 unspecified atom stereocenters. The molecule has 2 aliphatic heterocycles. The third-order valence-corrected chi connectivity index (χ3v) is 7.67. The van der Waals surface area contributed by atoms with Crippen molar-refractivity contribution >= 4 is 70.5 Å². The monoisotopic (exact) mass is 770 g/mol. The van der Waals surface area contributed by atoms with Crippen LogP contribution in [-0.4, -0.2) is 108 Å². The molecule has 52 heavy (non-hydrogen) atoms. The van der Waals surface area contributed by atoms with Gasteiger partial charge in [-0.3, -0.25) is 28.8 Å². The Bertz CT molecular complexity index is 1410. The molecule has 2 heterocycles. The maximum absolute atomic E-state index is 11.9. The molecule has 4 N–H and O–H groups in total. The highest BCUT2D eigenvalue weighted by Gasteiger charge is 2.48. The summed E-state index contributed by atoms with van der Waals surface area (Å²) in [6, 6.07) is 7.40. The predicted octanol–water partition coefficient (Wildman–Crippen LogP) is -0.0824. The summed E-state index contributed by atoms with van der Waals surface area (Å²) in [5.74, 6) is -4.00. The van der Waals surface area contributed by atoms with Crippen molar-refractivity contribution in [3.63, 3.8) is 0 Å². The Morgan fingerprint density at radius 2 is 0.904 bits per heavy atom. The SMILES string of the molecule is CC(=O)O[C@@H]1[C@@H](OC(C)=O)[C@H](OC(C)=O)CO[C@H]1NC(=S)NCc1cccc(CNC(=S)N[C@@H]2OC[C@@H](OC(C)=O)[C@H](OC(C)=O)[C@H]2OC(C)=O)c1. The molecule has 0 spiro atoms. The average Bonchev–Trinajstić information content (AvgIpc) is 3.03. The first-order valence-corrected chi connectivity index (χ1v) is 16.8. The largest absolute Gasteiger partial charge is 0.456 e. The fourth-order valence-electron chi connectivity index (χ4n) is 5.31. The van der Waals surface area contributed by atoms with Crippen LogP contribution in [0.25, 0.3) is 0 Å². The van der Waals surface area contributed by atoms with Crippen molar-refractivity contribution in [1.82, 2.24) is 21.3 Å². The molecule has 286 valence electrons. The average molecular weight is 771 g/mol. The van der Waals surface area contributed by atoms with Gasteiger partial charge in [0, 0.05) is 54.6 Å². The maximum atomic E-state index is 11.9. The van der Waals surface area contributed by atoms with Crippen molar-refractivity contribution in [2.75, 3.05) is 13.2 Å². The molecular weight excluding hydrogens is 728 g/mol. The Morgan fingerprint density at radius 1 is 0.577 bits per heavy atom. The number of hydrogen-bond acceptors (Lipinski definition) is 16. The number of thiocarbonyl (C=S) groups is 2. The summed E-state index contributed by atoms with van der Waals surface area (Å²) in [5, 5.41) is 12.2. The molecule has 0 aliphatic carbocycles. The Morgan fingerprint density at radius 3 is 1.23 bits per heavy atom. The molecule has 8 atom stereocenters. The molecule has 2 aliphatic rings. The number of hydrogen-bond donors (Lipinski definition) is 4. The molecule has 1 aromatic rings. The fourth-order valence-corrected chi connectivity index (χ4v) is 5.68. The van der Waals surface area contributed by atoms with E-state index in [1.54, 1.807) is 0 Å². The van der Waals surface area contributed by atoms with Crippen molar-refractivity contribution in [3.05, 3.63) is 35.4 Å². The Labute approximate surface area is 310 Å². The number of carbonyl (C=O) groups excluding carboxylic acids is 6. The zero-order valence-corrected chi connectivity index (χ0v) is 30.9. The number of ether oxygens (including phenoxy) is 8. The van der Waals surface area contributed by atoms with Crippen LogP contribution in [-0.2, 0) is 79.8 Å². The number of nitrogens with one attached hydrogen (secondary N) is 4. The Kier molecular flexibility index (Phi) is 15.9. The second-order valence-corrected chi connectivity index (χ2v) is 12.4. The van der Waals surface area contributed by atoms with E-state index in [2.05, 4.69) is 21.3 Å². The number of rotatable bonds is 12. The van der Waals surface area contributed by atoms with Gasteiger partial charge in [-0.25, -0.2) is 0 Å². The Balaban J connectivity index is 1.59. The van der Waals surface area contributed by atoms with Gasteiger partial charge in [0.15, 0.2) is 59.3 Å². The first-order chi connectivity index (χ1) is 24.5. The van der Waals surface area contributed by atoms with E-state index < -0.39 is 84.9 Å². The van der Waals surface area contributed by atoms with Gasteiger partial charge in [0.25, 0.3) is 0 Å². The lowest BCUT2D eigenvalue weighted by Crippen LogP contribution is -2.63. The minimum Gasteiger partial charge on any atom is -0.456 e. The molecule has 2 saturated heterocycles. The quantitative estimate of drug-likeness (QED) is 0.124. The van der Waals surface area contributed by atoms with E-state index in [0.717, 1.165) is 11.1 Å². The summed E-state index contributed by atoms with van der Waals surface area (Å²) in [5.41, 5.74) is 1.64. The van der Waals surface area contributed by atoms with Crippen molar-refractivity contribution in [3.8, 4) is 0 Å². The topological polar surface area (TPSA) is 224 Å². The van der Waals surface area contributed by atoms with Gasteiger partial charge >= 0.3 is 35.8 Å². The first-order valence-electron chi connectivity index (χ1n) is 16.0. The van der Waals surface area contributed by atoms with Gasteiger partial charge in [0.1, 0.15) is 0 Å². The minimum absolute atomic E-state index is 0.126. The van der Waals surface area contributed by atoms with Gasteiger partial charge in [0.2, 0.25) is 0 Å². The molecule has 0 bridgehead atoms. The second kappa shape index (κ2) is 19.8. The Hall–Kier alpha value is -4.66. The normalized spacial score (nSPS) is 25.2. The molecule has 0 radical (unpaired) electrons. The summed E-state index contributed by atoms with van der Waals surface area (Å²) in [7, 11) is 0. The van der Waals surface area contributed by atoms with Crippen molar-refractivity contribution in [1.29, 1.82) is 0 Å². The van der Waals surface area contributed by atoms with Gasteiger partial charge in [-0.2, -0.15) is 0 Å². The summed E-state index contributed by atoms with van der Waals surface area (Å²) < 4.78 is 43.4. The third-order valence-electron chi connectivity index (χ3n) is 7.14. The van der Waals surface area contributed by atoms with Gasteiger partial charge in [0.05, 0.1) is 13.2 Å². The fraction of sp³-hybridized carbons (Fsp3) is 0.562. The predicted molar refractivity (Wildman–Crippen MR) is 184 cm³/mol. The van der Waals surface area contributed by atoms with Crippen LogP contribution in [0, 0.1) is 0 Å². The van der Waals surface area contributed by atoms with Crippen LogP contribution < -0.4 is 21.3 Å². The van der Waals surface area contributed by atoms with Crippen LogP contribution in [0.5, 0.6) is 0 Å². The highest BCUT2D eigenvalue weighted by atomic mass is 32.1. The number of carbonyl (C=O) groups is 6. The maximum Gasteiger partial charge on any atom is 0.303 e. The van der Waals surface area contributed by atoms with E-state index in [1.807, 2.05) is 24.3 Å². The molecule has 18 nitrogen and oxygen atoms in total. The first kappa shape index (κ1) is 41.8. The lowest BCUT2D eigenvalue weighted by atomic mass is 10.0. The molecule has 2 fully saturated rings. The summed E-state index contributed by atoms with van der Waals surface area (Å²) in [4.78, 5) is 70.7. The zero-order valence-electron chi connectivity index (χ0n) is 29.3. The van der Waals surface area contributed by atoms with Crippen LogP contribution >= 0.6 is 24.4 Å². The number of esters is 6. The molecule has 1 aromatic carbocycles. The minimum atomic E-state index is -1.20. The summed E-state index contributed by atoms with van der Waals surface area (Å²) >= 11 is 10.9. The lowest BCUT2D eigenvalue weighted by Gasteiger charge is -2.40. The molecule has 0 amide bonds. The highest BCUT2D eigenvalue weighted by Crippen LogP contribution is 2.25. The van der Waals surface area contributed by atoms with E-state index in [9.17, 15) is 28.8 Å². The van der Waals surface area contributed by atoms with Gasteiger partial charge in [-0.1, -0.05) is 24.3 Å². The molecule has 0 saturated carbocycles. The van der Waals surface area contributed by atoms with Crippen molar-refractivity contribution < 1.29 is 66.7 Å². The van der Waals surface area contributed by atoms with E-state index in [1.165, 1.54) is 41.5 Å². The molecular formula is C32H42N4O14S2. The summed E-state index contributed by atoms with van der Waals surface area (Å²) in [6.07, 6.45) is -8.84. The zero-order chi connectivity index (χ0) is 38.5. The van der Waals surface area contributed by atoms with E-state index in [4.69, 9.17) is 62.3 Å². The van der Waals surface area contributed by atoms with E-state index >= 15 is 0 Å². The summed E-state index contributed by atoms with van der Waals surface area (Å²) in [6.45, 7) is 7.25. The van der Waals surface area contributed by atoms with Gasteiger partial charge < -0.3 is 59.2 Å². The smallest absolute Gasteiger partial charge is 0.303 e. The lowest BCUT2D eigenvalue weighted by molar-refractivity contribution is -0.227. The van der Waals surface area contributed by atoms with E-state index in [-0.39, 0.29) is 36.5 Å². The molecule has 3 rings (SSSR count). The van der Waals surface area contributed by atoms with Crippen LogP contribution in [0.3, 0.4) is 0 Å². The molecule has 0 aromatic heterocycles. The number of benzene rings is 1. The van der Waals surface area contributed by atoms with Crippen molar-refractivity contribution in [2.24, 2.45) is 0 Å². The highest BCUT2D eigenvalue weighted by molar-refractivity contribution is 7.80. The standard InChI is InChI=1S/C32H42N4O14S2/c1-15(37)45-23-13-43-29(27(49-19(5)41)25(23)47-17(3)39)35-31(51)33-11-21-8-7-9-22(10-21)12-34-32(52)36-30-28(50-20(6)42)26(48-18(4)40)24(14-44-30)46-16(2)38/h7-10,23-30H,11-14H2,1-6H3,(H2,33,35,51)(H2,34,36,52)/t23-,24-,25+,26+,27-,28-,29-,30-/m1/s1. The van der Waals surface area contributed by atoms with Crippen LogP contribution in [0.1, 0.15) is 52.7 Å². The van der Waals surface area contributed by atoms with Crippen LogP contribution in [0.15, 0.2) is 24.3 Å².